The predicted molar refractivity (Wildman–Crippen MR) is 116 cm³/mol. The number of sulfone groups is 1. The van der Waals surface area contributed by atoms with Gasteiger partial charge in [0.15, 0.2) is 9.84 Å². The number of ether oxygens (including phenoxy) is 1. The molecule has 1 amide bonds. The van der Waals surface area contributed by atoms with E-state index in [1.807, 2.05) is 18.2 Å². The molecule has 0 aliphatic heterocycles. The van der Waals surface area contributed by atoms with Gasteiger partial charge in [-0.25, -0.2) is 8.42 Å². The first kappa shape index (κ1) is 22.3. The van der Waals surface area contributed by atoms with Crippen LogP contribution < -0.4 is 21.2 Å². The van der Waals surface area contributed by atoms with E-state index in [0.717, 1.165) is 10.1 Å². The maximum absolute atomic E-state index is 12.7. The molecule has 0 atom stereocenters. The zero-order chi connectivity index (χ0) is 22.8. The van der Waals surface area contributed by atoms with Gasteiger partial charge in [0, 0.05) is 32.6 Å². The highest BCUT2D eigenvalue weighted by molar-refractivity contribution is 7.91. The lowest BCUT2D eigenvalue weighted by molar-refractivity contribution is -0.120. The number of fused-ring (bicyclic) bond motifs is 1. The van der Waals surface area contributed by atoms with Gasteiger partial charge in [-0.15, -0.1) is 0 Å². The third kappa shape index (κ3) is 4.53. The number of aryl methyl sites for hydroxylation is 2. The van der Waals surface area contributed by atoms with E-state index in [2.05, 4.69) is 5.32 Å². The van der Waals surface area contributed by atoms with Gasteiger partial charge in [-0.2, -0.15) is 0 Å². The van der Waals surface area contributed by atoms with Crippen LogP contribution in [0.3, 0.4) is 0 Å². The second-order valence-electron chi connectivity index (χ2n) is 7.04. The van der Waals surface area contributed by atoms with Crippen molar-refractivity contribution in [3.8, 4) is 5.75 Å². The Morgan fingerprint density at radius 1 is 1.00 bits per heavy atom. The molecule has 3 rings (SSSR count). The Kier molecular flexibility index (Phi) is 6.30. The molecule has 0 saturated carbocycles. The zero-order valence-corrected chi connectivity index (χ0v) is 18.2. The fraction of sp³-hybridized carbons (Fsp3) is 0.286. The first-order valence-corrected chi connectivity index (χ1v) is 11.1. The minimum atomic E-state index is -3.78. The summed E-state index contributed by atoms with van der Waals surface area (Å²) in [6.07, 6.45) is -0.221. The minimum Gasteiger partial charge on any atom is -0.496 e. The summed E-state index contributed by atoms with van der Waals surface area (Å²) in [5.74, 6) is -0.174. The molecule has 164 valence electrons. The van der Waals surface area contributed by atoms with Crippen molar-refractivity contribution in [2.45, 2.75) is 17.9 Å². The quantitative estimate of drug-likeness (QED) is 0.536. The molecular formula is C21H23N3O6S. The van der Waals surface area contributed by atoms with Crippen molar-refractivity contribution < 1.29 is 17.9 Å². The Hall–Kier alpha value is -3.40. The summed E-state index contributed by atoms with van der Waals surface area (Å²) >= 11 is 0. The van der Waals surface area contributed by atoms with Crippen molar-refractivity contribution in [2.24, 2.45) is 14.1 Å². The molecule has 0 fully saturated rings. The smallest absolute Gasteiger partial charge is 0.316 e. The maximum Gasteiger partial charge on any atom is 0.316 e. The second kappa shape index (κ2) is 8.76. The number of carbonyl (C=O) groups is 1. The molecule has 0 spiro atoms. The number of carbonyl (C=O) groups excluding carboxylic acids is 1. The number of aromatic nitrogens is 2. The molecule has 3 aromatic rings. The Labute approximate surface area is 178 Å². The summed E-state index contributed by atoms with van der Waals surface area (Å²) in [5.41, 5.74) is 0.0780. The molecule has 1 aromatic heterocycles. The van der Waals surface area contributed by atoms with Crippen molar-refractivity contribution in [3.63, 3.8) is 0 Å². The van der Waals surface area contributed by atoms with E-state index in [0.29, 0.717) is 16.8 Å². The second-order valence-corrected chi connectivity index (χ2v) is 9.15. The first-order chi connectivity index (χ1) is 14.7. The SMILES string of the molecule is COc1ccccc1CNC(=O)CCS(=O)(=O)c1ccc2c(c1)n(C)c(=O)c(=O)n2C. The number of hydrogen-bond donors (Lipinski definition) is 1. The number of hydrogen-bond acceptors (Lipinski definition) is 6. The molecule has 0 saturated heterocycles. The third-order valence-corrected chi connectivity index (χ3v) is 6.80. The summed E-state index contributed by atoms with van der Waals surface area (Å²) in [6, 6.07) is 11.4. The average molecular weight is 445 g/mol. The fourth-order valence-electron chi connectivity index (χ4n) is 3.23. The van der Waals surface area contributed by atoms with E-state index in [-0.39, 0.29) is 17.9 Å². The largest absolute Gasteiger partial charge is 0.496 e. The molecule has 0 aliphatic rings. The molecule has 0 bridgehead atoms. The lowest BCUT2D eigenvalue weighted by Gasteiger charge is -2.11. The van der Waals surface area contributed by atoms with Crippen LogP contribution in [0.25, 0.3) is 11.0 Å². The standard InChI is InChI=1S/C21H23N3O6S/c1-23-16-9-8-15(12-17(16)24(2)21(27)20(23)26)31(28,29)11-10-19(25)22-13-14-6-4-5-7-18(14)30-3/h4-9,12H,10-11,13H2,1-3H3,(H,22,25). The molecule has 10 heteroatoms. The van der Waals surface area contributed by atoms with E-state index in [1.54, 1.807) is 6.07 Å². The number of nitrogens with zero attached hydrogens (tertiary/aromatic N) is 2. The number of benzene rings is 2. The summed E-state index contributed by atoms with van der Waals surface area (Å²) in [7, 11) is 0.610. The predicted octanol–water partition coefficient (Wildman–Crippen LogP) is 0.726. The summed E-state index contributed by atoms with van der Waals surface area (Å²) < 4.78 is 33.0. The van der Waals surface area contributed by atoms with Crippen LogP contribution in [0.2, 0.25) is 0 Å². The maximum atomic E-state index is 12.7. The number of rotatable bonds is 7. The summed E-state index contributed by atoms with van der Waals surface area (Å²) in [4.78, 5) is 36.1. The number of para-hydroxylation sites is 1. The lowest BCUT2D eigenvalue weighted by atomic mass is 10.2. The monoisotopic (exact) mass is 445 g/mol. The van der Waals surface area contributed by atoms with Gasteiger partial charge in [0.2, 0.25) is 5.91 Å². The molecule has 2 aromatic carbocycles. The molecule has 1 N–H and O–H groups in total. The van der Waals surface area contributed by atoms with Crippen LogP contribution in [0.1, 0.15) is 12.0 Å². The van der Waals surface area contributed by atoms with E-state index in [9.17, 15) is 22.8 Å². The molecule has 31 heavy (non-hydrogen) atoms. The van der Waals surface area contributed by atoms with Crippen molar-refractivity contribution in [3.05, 3.63) is 68.7 Å². The highest BCUT2D eigenvalue weighted by Gasteiger charge is 2.19. The van der Waals surface area contributed by atoms with Crippen molar-refractivity contribution >= 4 is 26.8 Å². The van der Waals surface area contributed by atoms with Crippen LogP contribution in [-0.2, 0) is 35.3 Å². The fourth-order valence-corrected chi connectivity index (χ4v) is 4.49. The third-order valence-electron chi connectivity index (χ3n) is 5.09. The van der Waals surface area contributed by atoms with E-state index >= 15 is 0 Å². The topological polar surface area (TPSA) is 116 Å². The van der Waals surface area contributed by atoms with Crippen LogP contribution in [0.5, 0.6) is 5.75 Å². The number of amides is 1. The Bertz CT molecular complexity index is 1370. The van der Waals surface area contributed by atoms with Crippen LogP contribution in [0.15, 0.2) is 56.9 Å². The summed E-state index contributed by atoms with van der Waals surface area (Å²) in [5, 5.41) is 2.69. The average Bonchev–Trinajstić information content (AvgIpc) is 2.78. The molecule has 9 nitrogen and oxygen atoms in total. The Balaban J connectivity index is 1.75. The van der Waals surface area contributed by atoms with Gasteiger partial charge in [0.1, 0.15) is 5.75 Å². The van der Waals surface area contributed by atoms with Gasteiger partial charge in [-0.3, -0.25) is 14.4 Å². The lowest BCUT2D eigenvalue weighted by Crippen LogP contribution is -2.39. The number of methoxy groups -OCH3 is 1. The highest BCUT2D eigenvalue weighted by atomic mass is 32.2. The van der Waals surface area contributed by atoms with Crippen molar-refractivity contribution in [1.29, 1.82) is 0 Å². The number of nitrogens with one attached hydrogen (secondary N) is 1. The van der Waals surface area contributed by atoms with Gasteiger partial charge < -0.3 is 19.2 Å². The molecule has 1 heterocycles. The molecule has 0 unspecified atom stereocenters. The first-order valence-electron chi connectivity index (χ1n) is 9.47. The minimum absolute atomic E-state index is 0.0221. The van der Waals surface area contributed by atoms with E-state index in [4.69, 9.17) is 4.74 Å². The normalized spacial score (nSPS) is 11.5. The van der Waals surface area contributed by atoms with Crippen LogP contribution >= 0.6 is 0 Å². The highest BCUT2D eigenvalue weighted by Crippen LogP contribution is 2.19. The Morgan fingerprint density at radius 2 is 1.65 bits per heavy atom. The van der Waals surface area contributed by atoms with Gasteiger partial charge in [-0.1, -0.05) is 18.2 Å². The van der Waals surface area contributed by atoms with Gasteiger partial charge in [0.05, 0.1) is 28.8 Å². The van der Waals surface area contributed by atoms with Crippen molar-refractivity contribution in [2.75, 3.05) is 12.9 Å². The van der Waals surface area contributed by atoms with E-state index in [1.165, 1.54) is 44.0 Å². The van der Waals surface area contributed by atoms with Gasteiger partial charge >= 0.3 is 11.1 Å². The zero-order valence-electron chi connectivity index (χ0n) is 17.4. The van der Waals surface area contributed by atoms with Gasteiger partial charge in [-0.05, 0) is 24.3 Å². The van der Waals surface area contributed by atoms with Crippen molar-refractivity contribution in [1.82, 2.24) is 14.5 Å². The van der Waals surface area contributed by atoms with E-state index < -0.39 is 32.6 Å². The van der Waals surface area contributed by atoms with Crippen LogP contribution in [0, 0.1) is 0 Å². The molecule has 0 radical (unpaired) electrons. The molecular weight excluding hydrogens is 422 g/mol. The van der Waals surface area contributed by atoms with Crippen LogP contribution in [0.4, 0.5) is 0 Å². The van der Waals surface area contributed by atoms with Crippen LogP contribution in [-0.4, -0.2) is 36.3 Å². The Morgan fingerprint density at radius 3 is 2.32 bits per heavy atom. The summed E-state index contributed by atoms with van der Waals surface area (Å²) in [6.45, 7) is 0.217. The molecule has 0 aliphatic carbocycles. The van der Waals surface area contributed by atoms with Gasteiger partial charge in [0.25, 0.3) is 0 Å².